The van der Waals surface area contributed by atoms with Crippen molar-refractivity contribution >= 4 is 12.7 Å². The Bertz CT molecular complexity index is 370. The van der Waals surface area contributed by atoms with E-state index in [-0.39, 0.29) is 0 Å². The van der Waals surface area contributed by atoms with E-state index in [1.165, 1.54) is 0 Å². The number of hydrogen-bond donors (Lipinski definition) is 2. The molecule has 17 heavy (non-hydrogen) atoms. The van der Waals surface area contributed by atoms with Crippen molar-refractivity contribution in [3.8, 4) is 0 Å². The van der Waals surface area contributed by atoms with E-state index in [1.54, 1.807) is 40.0 Å². The van der Waals surface area contributed by atoms with Gasteiger partial charge in [-0.25, -0.2) is 0 Å². The van der Waals surface area contributed by atoms with E-state index >= 15 is 0 Å². The van der Waals surface area contributed by atoms with Gasteiger partial charge in [-0.15, -0.1) is 0 Å². The van der Waals surface area contributed by atoms with Gasteiger partial charge in [-0.3, -0.25) is 4.98 Å². The molecule has 1 rings (SSSR count). The fourth-order valence-corrected chi connectivity index (χ4v) is 1.11. The molecule has 94 valence electrons. The summed E-state index contributed by atoms with van der Waals surface area (Å²) in [6, 6.07) is 3.56. The van der Waals surface area contributed by atoms with Crippen molar-refractivity contribution < 1.29 is 14.8 Å². The van der Waals surface area contributed by atoms with Gasteiger partial charge >= 0.3 is 7.12 Å². The topological polar surface area (TPSA) is 62.6 Å². The SMILES string of the molecule is Cc1ccc(B(O)OC(C)(C)C(C)(C)O)nc1. The van der Waals surface area contributed by atoms with E-state index in [1.807, 2.05) is 13.0 Å². The molecule has 0 saturated heterocycles. The zero-order chi connectivity index (χ0) is 13.3. The molecular weight excluding hydrogens is 217 g/mol. The predicted octanol–water partition coefficient (Wildman–Crippen LogP) is 0.644. The van der Waals surface area contributed by atoms with Gasteiger partial charge in [0.1, 0.15) is 0 Å². The zero-order valence-electron chi connectivity index (χ0n) is 11.1. The van der Waals surface area contributed by atoms with Crippen LogP contribution in [-0.4, -0.2) is 33.4 Å². The molecule has 1 aromatic rings. The van der Waals surface area contributed by atoms with Crippen molar-refractivity contribution in [2.45, 2.75) is 45.8 Å². The Labute approximate surface area is 103 Å². The average Bonchev–Trinajstić information content (AvgIpc) is 2.16. The van der Waals surface area contributed by atoms with Gasteiger partial charge in [0.2, 0.25) is 0 Å². The summed E-state index contributed by atoms with van der Waals surface area (Å²) in [7, 11) is -1.14. The molecule has 0 atom stereocenters. The summed E-state index contributed by atoms with van der Waals surface area (Å²) in [4.78, 5) is 4.09. The molecule has 5 heteroatoms. The largest absolute Gasteiger partial charge is 0.511 e. The molecule has 0 aliphatic carbocycles. The zero-order valence-corrected chi connectivity index (χ0v) is 11.1. The fraction of sp³-hybridized carbons (Fsp3) is 0.583. The second kappa shape index (κ2) is 4.76. The summed E-state index contributed by atoms with van der Waals surface area (Å²) >= 11 is 0. The maximum Gasteiger partial charge on any atom is 0.511 e. The van der Waals surface area contributed by atoms with E-state index in [0.29, 0.717) is 5.59 Å². The molecule has 1 heterocycles. The quantitative estimate of drug-likeness (QED) is 0.754. The summed E-state index contributed by atoms with van der Waals surface area (Å²) in [6.45, 7) is 8.66. The molecule has 0 aromatic carbocycles. The summed E-state index contributed by atoms with van der Waals surface area (Å²) < 4.78 is 5.47. The third-order valence-corrected chi connectivity index (χ3v) is 3.07. The van der Waals surface area contributed by atoms with E-state index in [9.17, 15) is 10.1 Å². The Morgan fingerprint density at radius 1 is 1.24 bits per heavy atom. The lowest BCUT2D eigenvalue weighted by Gasteiger charge is -2.38. The first-order valence-corrected chi connectivity index (χ1v) is 5.64. The highest BCUT2D eigenvalue weighted by Gasteiger charge is 2.39. The van der Waals surface area contributed by atoms with Crippen LogP contribution in [0.3, 0.4) is 0 Å². The van der Waals surface area contributed by atoms with Crippen LogP contribution in [0.5, 0.6) is 0 Å². The van der Waals surface area contributed by atoms with Gasteiger partial charge in [0.05, 0.1) is 16.8 Å². The van der Waals surface area contributed by atoms with E-state index in [4.69, 9.17) is 4.65 Å². The molecule has 1 aromatic heterocycles. The van der Waals surface area contributed by atoms with Crippen molar-refractivity contribution in [3.05, 3.63) is 23.9 Å². The lowest BCUT2D eigenvalue weighted by atomic mass is 9.80. The molecule has 4 nitrogen and oxygen atoms in total. The molecule has 0 amide bonds. The van der Waals surface area contributed by atoms with Crippen LogP contribution in [0.15, 0.2) is 18.3 Å². The lowest BCUT2D eigenvalue weighted by molar-refractivity contribution is -0.0983. The Hall–Kier alpha value is -0.905. The first-order valence-electron chi connectivity index (χ1n) is 5.64. The van der Waals surface area contributed by atoms with Crippen molar-refractivity contribution in [2.24, 2.45) is 0 Å². The highest BCUT2D eigenvalue weighted by Crippen LogP contribution is 2.25. The van der Waals surface area contributed by atoms with Gasteiger partial charge in [-0.1, -0.05) is 6.07 Å². The predicted molar refractivity (Wildman–Crippen MR) is 68.0 cm³/mol. The first-order chi connectivity index (χ1) is 7.63. The average molecular weight is 237 g/mol. The van der Waals surface area contributed by atoms with E-state index in [0.717, 1.165) is 5.56 Å². The second-order valence-corrected chi connectivity index (χ2v) is 5.30. The van der Waals surface area contributed by atoms with Gasteiger partial charge in [0.25, 0.3) is 0 Å². The van der Waals surface area contributed by atoms with Crippen LogP contribution in [0.25, 0.3) is 0 Å². The monoisotopic (exact) mass is 237 g/mol. The van der Waals surface area contributed by atoms with Crippen LogP contribution < -0.4 is 5.59 Å². The molecule has 0 fully saturated rings. The molecule has 0 aliphatic rings. The Kier molecular flexibility index (Phi) is 3.97. The Morgan fingerprint density at radius 3 is 2.24 bits per heavy atom. The highest BCUT2D eigenvalue weighted by molar-refractivity contribution is 6.59. The molecule has 2 N–H and O–H groups in total. The molecule has 0 radical (unpaired) electrons. The van der Waals surface area contributed by atoms with Crippen molar-refractivity contribution in [1.82, 2.24) is 4.98 Å². The highest BCUT2D eigenvalue weighted by atomic mass is 16.5. The molecule has 0 unspecified atom stereocenters. The van der Waals surface area contributed by atoms with Crippen LogP contribution in [0, 0.1) is 6.92 Å². The van der Waals surface area contributed by atoms with E-state index < -0.39 is 18.3 Å². The fourth-order valence-electron chi connectivity index (χ4n) is 1.11. The second-order valence-electron chi connectivity index (χ2n) is 5.30. The van der Waals surface area contributed by atoms with Crippen LogP contribution in [0.4, 0.5) is 0 Å². The number of aliphatic hydroxyl groups is 1. The van der Waals surface area contributed by atoms with Crippen LogP contribution in [0.1, 0.15) is 33.3 Å². The van der Waals surface area contributed by atoms with Gasteiger partial charge in [0, 0.05) is 6.20 Å². The summed E-state index contributed by atoms with van der Waals surface area (Å²) in [5.41, 5.74) is -0.479. The number of nitrogens with zero attached hydrogens (tertiary/aromatic N) is 1. The van der Waals surface area contributed by atoms with Crippen molar-refractivity contribution in [2.75, 3.05) is 0 Å². The van der Waals surface area contributed by atoms with Gasteiger partial charge in [0.15, 0.2) is 0 Å². The smallest absolute Gasteiger partial charge is 0.422 e. The minimum absolute atomic E-state index is 0.438. The third kappa shape index (κ3) is 3.53. The molecule has 0 spiro atoms. The van der Waals surface area contributed by atoms with E-state index in [2.05, 4.69) is 4.98 Å². The van der Waals surface area contributed by atoms with Gasteiger partial charge in [-0.2, -0.15) is 0 Å². The minimum Gasteiger partial charge on any atom is -0.422 e. The number of aromatic nitrogens is 1. The molecule has 0 aliphatic heterocycles. The van der Waals surface area contributed by atoms with Gasteiger partial charge in [-0.05, 0) is 46.2 Å². The lowest BCUT2D eigenvalue weighted by Crippen LogP contribution is -2.53. The summed E-state index contributed by atoms with van der Waals surface area (Å²) in [5, 5.41) is 19.8. The number of aryl methyl sites for hydroxylation is 1. The van der Waals surface area contributed by atoms with Crippen LogP contribution in [0.2, 0.25) is 0 Å². The maximum absolute atomic E-state index is 9.93. The number of rotatable bonds is 4. The minimum atomic E-state index is -1.14. The molecule has 0 bridgehead atoms. The third-order valence-electron chi connectivity index (χ3n) is 3.07. The Balaban J connectivity index is 2.79. The van der Waals surface area contributed by atoms with Gasteiger partial charge < -0.3 is 14.8 Å². The maximum atomic E-state index is 9.93. The first kappa shape index (κ1) is 14.2. The van der Waals surface area contributed by atoms with Crippen molar-refractivity contribution in [3.63, 3.8) is 0 Å². The summed E-state index contributed by atoms with van der Waals surface area (Å²) in [6.07, 6.45) is 1.67. The number of hydrogen-bond acceptors (Lipinski definition) is 4. The normalized spacial score (nSPS) is 12.6. The standard InChI is InChI=1S/C12H20BNO3/c1-9-6-7-10(14-8-9)13(16)17-12(4,5)11(2,3)15/h6-8,15-16H,1-5H3. The molecular formula is C12H20BNO3. The van der Waals surface area contributed by atoms with Crippen LogP contribution >= 0.6 is 0 Å². The Morgan fingerprint density at radius 2 is 1.82 bits per heavy atom. The van der Waals surface area contributed by atoms with Crippen molar-refractivity contribution in [1.29, 1.82) is 0 Å². The summed E-state index contributed by atoms with van der Waals surface area (Å²) in [5.74, 6) is 0. The van der Waals surface area contributed by atoms with Crippen LogP contribution in [-0.2, 0) is 4.65 Å². The number of pyridine rings is 1. The molecule has 0 saturated carbocycles.